The lowest BCUT2D eigenvalue weighted by molar-refractivity contribution is -0.117. The van der Waals surface area contributed by atoms with Crippen LogP contribution in [0.3, 0.4) is 0 Å². The van der Waals surface area contributed by atoms with Crippen molar-refractivity contribution in [2.24, 2.45) is 0 Å². The molecule has 0 bridgehead atoms. The average molecular weight is 349 g/mol. The molecule has 2 rings (SSSR count). The van der Waals surface area contributed by atoms with Crippen LogP contribution < -0.4 is 10.2 Å². The number of hydrogen-bond donors (Lipinski definition) is 1. The molecule has 26 heavy (non-hydrogen) atoms. The van der Waals surface area contributed by atoms with Gasteiger partial charge in [-0.15, -0.1) is 0 Å². The van der Waals surface area contributed by atoms with Crippen LogP contribution in [0, 0.1) is 11.3 Å². The van der Waals surface area contributed by atoms with Gasteiger partial charge in [-0.25, -0.2) is 0 Å². The molecule has 0 aliphatic heterocycles. The summed E-state index contributed by atoms with van der Waals surface area (Å²) in [4.78, 5) is 36.9. The first-order chi connectivity index (χ1) is 12.4. The third-order valence-corrected chi connectivity index (χ3v) is 3.80. The van der Waals surface area contributed by atoms with Crippen molar-refractivity contribution < 1.29 is 14.4 Å². The Labute approximate surface area is 152 Å². The van der Waals surface area contributed by atoms with Gasteiger partial charge in [-0.1, -0.05) is 6.07 Å². The first-order valence-corrected chi connectivity index (χ1v) is 8.10. The molecule has 132 valence electrons. The summed E-state index contributed by atoms with van der Waals surface area (Å²) in [6.07, 6.45) is 0.102. The predicted octanol–water partition coefficient (Wildman–Crippen LogP) is 3.14. The van der Waals surface area contributed by atoms with Gasteiger partial charge in [0.2, 0.25) is 11.8 Å². The second-order valence-corrected chi connectivity index (χ2v) is 5.76. The molecule has 0 aliphatic carbocycles. The lowest BCUT2D eigenvalue weighted by Crippen LogP contribution is -2.32. The number of nitrogens with zero attached hydrogens (tertiary/aromatic N) is 2. The summed E-state index contributed by atoms with van der Waals surface area (Å²) in [5.74, 6) is -0.503. The minimum atomic E-state index is -0.258. The summed E-state index contributed by atoms with van der Waals surface area (Å²) in [6.45, 7) is 3.11. The molecule has 6 heteroatoms. The monoisotopic (exact) mass is 349 g/mol. The van der Waals surface area contributed by atoms with E-state index in [1.807, 2.05) is 6.07 Å². The van der Waals surface area contributed by atoms with Crippen LogP contribution in [-0.2, 0) is 9.59 Å². The van der Waals surface area contributed by atoms with Crippen molar-refractivity contribution in [1.82, 2.24) is 0 Å². The molecule has 1 N–H and O–H groups in total. The van der Waals surface area contributed by atoms with E-state index in [9.17, 15) is 14.4 Å². The topological polar surface area (TPSA) is 90.3 Å². The zero-order valence-electron chi connectivity index (χ0n) is 14.7. The molecule has 2 aromatic rings. The van der Waals surface area contributed by atoms with Crippen LogP contribution in [0.1, 0.15) is 36.2 Å². The molecule has 0 spiro atoms. The zero-order chi connectivity index (χ0) is 19.1. The van der Waals surface area contributed by atoms with Crippen molar-refractivity contribution in [1.29, 1.82) is 5.26 Å². The second kappa shape index (κ2) is 8.58. The highest BCUT2D eigenvalue weighted by Crippen LogP contribution is 2.17. The van der Waals surface area contributed by atoms with E-state index in [-0.39, 0.29) is 30.6 Å². The maximum atomic E-state index is 12.1. The van der Waals surface area contributed by atoms with Gasteiger partial charge in [0.1, 0.15) is 0 Å². The highest BCUT2D eigenvalue weighted by molar-refractivity contribution is 5.97. The first-order valence-electron chi connectivity index (χ1n) is 8.10. The van der Waals surface area contributed by atoms with Gasteiger partial charge >= 0.3 is 0 Å². The molecule has 2 aromatic carbocycles. The van der Waals surface area contributed by atoms with Crippen LogP contribution in [0.25, 0.3) is 0 Å². The lowest BCUT2D eigenvalue weighted by atomic mass is 10.1. The van der Waals surface area contributed by atoms with E-state index in [2.05, 4.69) is 5.32 Å². The Bertz CT molecular complexity index is 867. The third kappa shape index (κ3) is 5.02. The van der Waals surface area contributed by atoms with E-state index < -0.39 is 0 Å². The second-order valence-electron chi connectivity index (χ2n) is 5.76. The molecular formula is C20H19N3O3. The highest BCUT2D eigenvalue weighted by Gasteiger charge is 2.14. The van der Waals surface area contributed by atoms with E-state index in [4.69, 9.17) is 5.26 Å². The number of Topliss-reactive ketones (excluding diaryl/α,β-unsaturated/α-hetero) is 1. The predicted molar refractivity (Wildman–Crippen MR) is 98.9 cm³/mol. The number of benzene rings is 2. The number of carbonyl (C=O) groups excluding carboxylic acids is 3. The number of anilines is 2. The Hall–Kier alpha value is -3.46. The van der Waals surface area contributed by atoms with Crippen molar-refractivity contribution in [2.45, 2.75) is 20.3 Å². The van der Waals surface area contributed by atoms with Crippen molar-refractivity contribution >= 4 is 29.0 Å². The van der Waals surface area contributed by atoms with Gasteiger partial charge in [0.05, 0.1) is 11.6 Å². The molecule has 0 radical (unpaired) electrons. The van der Waals surface area contributed by atoms with Gasteiger partial charge in [-0.2, -0.15) is 5.26 Å². The molecule has 0 unspecified atom stereocenters. The summed E-state index contributed by atoms with van der Waals surface area (Å²) in [5.41, 5.74) is 2.18. The minimum Gasteiger partial charge on any atom is -0.326 e. The molecule has 0 aromatic heterocycles. The van der Waals surface area contributed by atoms with Crippen LogP contribution in [-0.4, -0.2) is 24.1 Å². The summed E-state index contributed by atoms with van der Waals surface area (Å²) in [5, 5.41) is 11.6. The Morgan fingerprint density at radius 2 is 1.77 bits per heavy atom. The fourth-order valence-electron chi connectivity index (χ4n) is 2.45. The van der Waals surface area contributed by atoms with Gasteiger partial charge in [-0.05, 0) is 49.4 Å². The maximum Gasteiger partial charge on any atom is 0.226 e. The fourth-order valence-corrected chi connectivity index (χ4v) is 2.45. The smallest absolute Gasteiger partial charge is 0.226 e. The van der Waals surface area contributed by atoms with Gasteiger partial charge in [0.15, 0.2) is 5.78 Å². The van der Waals surface area contributed by atoms with Crippen LogP contribution in [0.5, 0.6) is 0 Å². The van der Waals surface area contributed by atoms with Crippen molar-refractivity contribution in [2.75, 3.05) is 16.8 Å². The Balaban J connectivity index is 2.01. The molecular weight excluding hydrogens is 330 g/mol. The maximum absolute atomic E-state index is 12.1. The molecule has 0 atom stereocenters. The lowest BCUT2D eigenvalue weighted by Gasteiger charge is -2.21. The van der Waals surface area contributed by atoms with E-state index in [0.717, 1.165) is 0 Å². The van der Waals surface area contributed by atoms with E-state index >= 15 is 0 Å². The third-order valence-electron chi connectivity index (χ3n) is 3.80. The van der Waals surface area contributed by atoms with Crippen molar-refractivity contribution in [3.05, 3.63) is 59.7 Å². The van der Waals surface area contributed by atoms with Crippen molar-refractivity contribution in [3.8, 4) is 6.07 Å². The standard InChI is InChI=1S/C20H19N3O3/c1-14(24)17-6-8-19(9-7-17)23(15(2)25)11-10-20(26)22-18-5-3-4-16(12-18)13-21/h3-9,12H,10-11H2,1-2H3,(H,22,26). The highest BCUT2D eigenvalue weighted by atomic mass is 16.2. The van der Waals surface area contributed by atoms with Gasteiger partial charge in [0, 0.05) is 36.8 Å². The SMILES string of the molecule is CC(=O)c1ccc(N(CCC(=O)Nc2cccc(C#N)c2)C(C)=O)cc1. The summed E-state index contributed by atoms with van der Waals surface area (Å²) < 4.78 is 0. The number of ketones is 1. The Morgan fingerprint density at radius 1 is 1.08 bits per heavy atom. The fraction of sp³-hybridized carbons (Fsp3) is 0.200. The minimum absolute atomic E-state index is 0.0510. The number of carbonyl (C=O) groups is 3. The number of hydrogen-bond acceptors (Lipinski definition) is 4. The van der Waals surface area contributed by atoms with Crippen molar-refractivity contribution in [3.63, 3.8) is 0 Å². The largest absolute Gasteiger partial charge is 0.326 e. The Kier molecular flexibility index (Phi) is 6.23. The van der Waals surface area contributed by atoms with Crippen LogP contribution in [0.2, 0.25) is 0 Å². The average Bonchev–Trinajstić information content (AvgIpc) is 2.62. The summed E-state index contributed by atoms with van der Waals surface area (Å²) >= 11 is 0. The van der Waals surface area contributed by atoms with E-state index in [0.29, 0.717) is 22.5 Å². The number of rotatable bonds is 6. The number of amides is 2. The van der Waals surface area contributed by atoms with Crippen LogP contribution in [0.15, 0.2) is 48.5 Å². The van der Waals surface area contributed by atoms with Crippen LogP contribution in [0.4, 0.5) is 11.4 Å². The molecule has 0 saturated heterocycles. The molecule has 6 nitrogen and oxygen atoms in total. The number of nitriles is 1. The summed E-state index contributed by atoms with van der Waals surface area (Å²) in [6, 6.07) is 15.3. The van der Waals surface area contributed by atoms with Gasteiger partial charge in [-0.3, -0.25) is 14.4 Å². The molecule has 0 fully saturated rings. The first kappa shape index (κ1) is 18.9. The zero-order valence-corrected chi connectivity index (χ0v) is 14.7. The van der Waals surface area contributed by atoms with E-state index in [1.165, 1.54) is 18.7 Å². The normalized spacial score (nSPS) is 9.88. The Morgan fingerprint density at radius 3 is 2.35 bits per heavy atom. The molecule has 2 amide bonds. The molecule has 0 aliphatic rings. The van der Waals surface area contributed by atoms with E-state index in [1.54, 1.807) is 48.5 Å². The van der Waals surface area contributed by atoms with Crippen LogP contribution >= 0.6 is 0 Å². The van der Waals surface area contributed by atoms with Gasteiger partial charge < -0.3 is 10.2 Å². The molecule has 0 saturated carbocycles. The number of nitrogens with one attached hydrogen (secondary N) is 1. The van der Waals surface area contributed by atoms with Gasteiger partial charge in [0.25, 0.3) is 0 Å². The quantitative estimate of drug-likeness (QED) is 0.811. The molecule has 0 heterocycles. The summed E-state index contributed by atoms with van der Waals surface area (Å²) in [7, 11) is 0.